The summed E-state index contributed by atoms with van der Waals surface area (Å²) in [6, 6.07) is 4.83. The first-order chi connectivity index (χ1) is 13.8. The number of halogens is 2. The van der Waals surface area contributed by atoms with Crippen molar-refractivity contribution in [2.24, 2.45) is 11.8 Å². The second kappa shape index (κ2) is 8.97. The lowest BCUT2D eigenvalue weighted by atomic mass is 9.85. The predicted octanol–water partition coefficient (Wildman–Crippen LogP) is 2.73. The molecule has 1 aliphatic heterocycles. The van der Waals surface area contributed by atoms with Crippen LogP contribution in [0.5, 0.6) is 0 Å². The number of hydrogen-bond donors (Lipinski definition) is 1. The van der Waals surface area contributed by atoms with Gasteiger partial charge in [-0.15, -0.1) is 0 Å². The molecular weight excluding hydrogens is 417 g/mol. The molecule has 0 unspecified atom stereocenters. The van der Waals surface area contributed by atoms with Crippen LogP contribution in [0.15, 0.2) is 30.4 Å². The Morgan fingerprint density at radius 1 is 1.10 bits per heavy atom. The van der Waals surface area contributed by atoms with Gasteiger partial charge < -0.3 is 10.2 Å². The lowest BCUT2D eigenvalue weighted by molar-refractivity contribution is -0.146. The molecule has 1 aromatic rings. The normalized spacial score (nSPS) is 20.6. The topological polar surface area (TPSA) is 86.8 Å². The Morgan fingerprint density at radius 3 is 2.17 bits per heavy atom. The molecule has 2 atom stereocenters. The number of amides is 4. The Morgan fingerprint density at radius 2 is 1.66 bits per heavy atom. The highest BCUT2D eigenvalue weighted by Gasteiger charge is 2.47. The fraction of sp³-hybridized carbons (Fsp3) is 0.400. The number of para-hydroxylation sites is 1. The molecule has 29 heavy (non-hydrogen) atoms. The lowest BCUT2D eigenvalue weighted by Gasteiger charge is -2.23. The molecule has 4 amide bonds. The number of benzene rings is 1. The molecule has 0 saturated carbocycles. The van der Waals surface area contributed by atoms with Gasteiger partial charge in [0, 0.05) is 6.54 Å². The van der Waals surface area contributed by atoms with Gasteiger partial charge in [0.2, 0.25) is 23.6 Å². The van der Waals surface area contributed by atoms with Crippen LogP contribution in [-0.2, 0) is 19.2 Å². The van der Waals surface area contributed by atoms with E-state index < -0.39 is 11.8 Å². The molecule has 2 aliphatic rings. The maximum Gasteiger partial charge on any atom is 0.244 e. The number of imide groups is 1. The Bertz CT molecular complexity index is 840. The summed E-state index contributed by atoms with van der Waals surface area (Å²) in [7, 11) is 0. The second-order valence-corrected chi connectivity index (χ2v) is 7.79. The number of fused-ring (bicyclic) bond motifs is 1. The van der Waals surface area contributed by atoms with E-state index in [1.165, 1.54) is 4.90 Å². The van der Waals surface area contributed by atoms with E-state index in [2.05, 4.69) is 5.32 Å². The van der Waals surface area contributed by atoms with E-state index in [1.807, 2.05) is 12.2 Å². The van der Waals surface area contributed by atoms with Gasteiger partial charge in [-0.2, -0.15) is 0 Å². The molecule has 1 heterocycles. The first-order valence-corrected chi connectivity index (χ1v) is 10.1. The van der Waals surface area contributed by atoms with Gasteiger partial charge in [-0.3, -0.25) is 24.1 Å². The van der Waals surface area contributed by atoms with Crippen molar-refractivity contribution in [2.45, 2.75) is 19.8 Å². The molecule has 0 bridgehead atoms. The Balaban J connectivity index is 1.63. The molecule has 0 radical (unpaired) electrons. The molecule has 0 spiro atoms. The van der Waals surface area contributed by atoms with E-state index in [0.717, 1.165) is 4.90 Å². The van der Waals surface area contributed by atoms with E-state index >= 15 is 0 Å². The van der Waals surface area contributed by atoms with E-state index in [0.29, 0.717) is 12.8 Å². The summed E-state index contributed by atoms with van der Waals surface area (Å²) in [4.78, 5) is 52.4. The quantitative estimate of drug-likeness (QED) is 0.547. The average Bonchev–Trinajstić information content (AvgIpc) is 2.94. The van der Waals surface area contributed by atoms with Gasteiger partial charge >= 0.3 is 0 Å². The number of rotatable bonds is 6. The molecule has 1 N–H and O–H groups in total. The summed E-state index contributed by atoms with van der Waals surface area (Å²) in [6.07, 6.45) is 4.80. The lowest BCUT2D eigenvalue weighted by Crippen LogP contribution is -2.45. The molecule has 1 aromatic carbocycles. The van der Waals surface area contributed by atoms with Gasteiger partial charge in [-0.25, -0.2) is 0 Å². The van der Waals surface area contributed by atoms with Crippen LogP contribution in [0.2, 0.25) is 10.0 Å². The predicted molar refractivity (Wildman–Crippen MR) is 109 cm³/mol. The summed E-state index contributed by atoms with van der Waals surface area (Å²) >= 11 is 12.1. The molecule has 1 saturated heterocycles. The van der Waals surface area contributed by atoms with Gasteiger partial charge in [0.1, 0.15) is 6.54 Å². The Kier molecular flexibility index (Phi) is 6.59. The standard InChI is InChI=1S/C20H21Cl2N3O4/c1-2-24(10-16(26)23-18-14(21)8-5-9-15(18)22)17(27)11-25-19(28)12-6-3-4-7-13(12)20(25)29/h3-5,8-9,12-13H,2,6-7,10-11H2,1H3,(H,23,26)/t12-,13-/m0/s1. The zero-order chi connectivity index (χ0) is 21.1. The minimum Gasteiger partial charge on any atom is -0.332 e. The minimum absolute atomic E-state index is 0.243. The maximum absolute atomic E-state index is 12.7. The Labute approximate surface area is 178 Å². The monoisotopic (exact) mass is 437 g/mol. The number of hydrogen-bond acceptors (Lipinski definition) is 4. The zero-order valence-electron chi connectivity index (χ0n) is 15.9. The van der Waals surface area contributed by atoms with Crippen LogP contribution >= 0.6 is 23.2 Å². The van der Waals surface area contributed by atoms with Gasteiger partial charge in [-0.05, 0) is 31.9 Å². The van der Waals surface area contributed by atoms with Gasteiger partial charge in [0.25, 0.3) is 0 Å². The summed E-state index contributed by atoms with van der Waals surface area (Å²) in [5, 5.41) is 3.16. The maximum atomic E-state index is 12.7. The van der Waals surface area contributed by atoms with Crippen LogP contribution in [0, 0.1) is 11.8 Å². The summed E-state index contributed by atoms with van der Waals surface area (Å²) in [5.41, 5.74) is 0.269. The fourth-order valence-corrected chi connectivity index (χ4v) is 4.10. The number of nitrogens with one attached hydrogen (secondary N) is 1. The van der Waals surface area contributed by atoms with Crippen molar-refractivity contribution in [2.75, 3.05) is 25.0 Å². The number of likely N-dealkylation sites (N-methyl/N-ethyl adjacent to an activating group) is 1. The third kappa shape index (κ3) is 4.46. The SMILES string of the molecule is CCN(CC(=O)Nc1c(Cl)cccc1Cl)C(=O)CN1C(=O)[C@H]2CC=CC[C@@H]2C1=O. The van der Waals surface area contributed by atoms with Crippen LogP contribution in [0.4, 0.5) is 5.69 Å². The van der Waals surface area contributed by atoms with E-state index in [9.17, 15) is 19.2 Å². The van der Waals surface area contributed by atoms with Crippen LogP contribution in [-0.4, -0.2) is 53.1 Å². The fourth-order valence-electron chi connectivity index (χ4n) is 3.61. The number of carbonyl (C=O) groups excluding carboxylic acids is 4. The van der Waals surface area contributed by atoms with E-state index in [4.69, 9.17) is 23.2 Å². The van der Waals surface area contributed by atoms with Crippen molar-refractivity contribution in [3.05, 3.63) is 40.4 Å². The summed E-state index contributed by atoms with van der Waals surface area (Å²) < 4.78 is 0. The molecule has 1 aliphatic carbocycles. The highest BCUT2D eigenvalue weighted by molar-refractivity contribution is 6.39. The van der Waals surface area contributed by atoms with E-state index in [-0.39, 0.29) is 59.0 Å². The molecular formula is C20H21Cl2N3O4. The van der Waals surface area contributed by atoms with E-state index in [1.54, 1.807) is 25.1 Å². The van der Waals surface area contributed by atoms with Crippen LogP contribution < -0.4 is 5.32 Å². The molecule has 154 valence electrons. The minimum atomic E-state index is -0.479. The smallest absolute Gasteiger partial charge is 0.244 e. The number of likely N-dealkylation sites (tertiary alicyclic amines) is 1. The van der Waals surface area contributed by atoms with Crippen LogP contribution in [0.3, 0.4) is 0 Å². The third-order valence-electron chi connectivity index (χ3n) is 5.19. The third-order valence-corrected chi connectivity index (χ3v) is 5.82. The van der Waals surface area contributed by atoms with Crippen molar-refractivity contribution in [1.82, 2.24) is 9.80 Å². The summed E-state index contributed by atoms with van der Waals surface area (Å²) in [6.45, 7) is 1.35. The van der Waals surface area contributed by atoms with Crippen molar-refractivity contribution < 1.29 is 19.2 Å². The molecule has 1 fully saturated rings. The van der Waals surface area contributed by atoms with Gasteiger partial charge in [-0.1, -0.05) is 41.4 Å². The van der Waals surface area contributed by atoms with Crippen LogP contribution in [0.25, 0.3) is 0 Å². The molecule has 9 heteroatoms. The van der Waals surface area contributed by atoms with Crippen LogP contribution in [0.1, 0.15) is 19.8 Å². The second-order valence-electron chi connectivity index (χ2n) is 6.97. The number of carbonyl (C=O) groups is 4. The average molecular weight is 438 g/mol. The van der Waals surface area contributed by atoms with Gasteiger partial charge in [0.05, 0.1) is 34.1 Å². The highest BCUT2D eigenvalue weighted by atomic mass is 35.5. The van der Waals surface area contributed by atoms with Gasteiger partial charge in [0.15, 0.2) is 0 Å². The Hall–Kier alpha value is -2.38. The van der Waals surface area contributed by atoms with Crippen molar-refractivity contribution in [3.63, 3.8) is 0 Å². The van der Waals surface area contributed by atoms with Crippen molar-refractivity contribution in [1.29, 1.82) is 0 Å². The molecule has 0 aromatic heterocycles. The van der Waals surface area contributed by atoms with Crippen molar-refractivity contribution >= 4 is 52.5 Å². The number of nitrogens with zero attached hydrogens (tertiary/aromatic N) is 2. The first-order valence-electron chi connectivity index (χ1n) is 9.35. The highest BCUT2D eigenvalue weighted by Crippen LogP contribution is 2.35. The molecule has 7 nitrogen and oxygen atoms in total. The number of anilines is 1. The van der Waals surface area contributed by atoms with Crippen molar-refractivity contribution in [3.8, 4) is 0 Å². The number of allylic oxidation sites excluding steroid dienone is 2. The largest absolute Gasteiger partial charge is 0.332 e. The first kappa shape index (κ1) is 21.3. The molecule has 3 rings (SSSR count). The summed E-state index contributed by atoms with van der Waals surface area (Å²) in [5.74, 6) is -2.36. The zero-order valence-corrected chi connectivity index (χ0v) is 17.4.